The molecule has 10 heteroatoms. The van der Waals surface area contributed by atoms with E-state index in [-0.39, 0.29) is 56.7 Å². The summed E-state index contributed by atoms with van der Waals surface area (Å²) in [7, 11) is 1.46. The van der Waals surface area contributed by atoms with Gasteiger partial charge >= 0.3 is 5.97 Å². The second-order valence-electron chi connectivity index (χ2n) is 8.80. The monoisotopic (exact) mass is 514 g/mol. The van der Waals surface area contributed by atoms with Gasteiger partial charge in [-0.05, 0) is 36.4 Å². The van der Waals surface area contributed by atoms with E-state index in [1.165, 1.54) is 37.6 Å². The van der Waals surface area contributed by atoms with Gasteiger partial charge in [-0.2, -0.15) is 0 Å². The SMILES string of the molecule is COc1ccc2occ(C3CC(=O)Oc4cc(O)c5c(=O)cc(-c6ccc(O)c(O)c6)oc5c43)c(=O)c2c1. The molecule has 0 amide bonds. The van der Waals surface area contributed by atoms with E-state index >= 15 is 0 Å². The maximum atomic E-state index is 13.6. The smallest absolute Gasteiger partial charge is 0.312 e. The van der Waals surface area contributed by atoms with Gasteiger partial charge in [-0.15, -0.1) is 0 Å². The number of benzene rings is 3. The fourth-order valence-electron chi connectivity index (χ4n) is 4.74. The van der Waals surface area contributed by atoms with Crippen LogP contribution in [0.25, 0.3) is 33.3 Å². The lowest BCUT2D eigenvalue weighted by atomic mass is 9.85. The highest BCUT2D eigenvalue weighted by atomic mass is 16.5. The fraction of sp³-hybridized carbons (Fsp3) is 0.107. The minimum atomic E-state index is -0.937. The normalized spacial score (nSPS) is 14.9. The van der Waals surface area contributed by atoms with Gasteiger partial charge in [0.25, 0.3) is 0 Å². The van der Waals surface area contributed by atoms with Gasteiger partial charge in [-0.3, -0.25) is 14.4 Å². The topological polar surface area (TPSA) is 157 Å². The Bertz CT molecular complexity index is 1910. The summed E-state index contributed by atoms with van der Waals surface area (Å²) < 4.78 is 22.4. The average Bonchev–Trinajstić information content (AvgIpc) is 2.89. The number of esters is 1. The summed E-state index contributed by atoms with van der Waals surface area (Å²) in [6.07, 6.45) is 0.990. The zero-order valence-corrected chi connectivity index (χ0v) is 19.7. The molecule has 1 aliphatic rings. The number of phenolic OH excluding ortho intramolecular Hbond substituents is 3. The maximum absolute atomic E-state index is 13.6. The van der Waals surface area contributed by atoms with Crippen molar-refractivity contribution in [2.24, 2.45) is 0 Å². The number of aromatic hydroxyl groups is 3. The van der Waals surface area contributed by atoms with Crippen LogP contribution in [0.5, 0.6) is 28.7 Å². The van der Waals surface area contributed by atoms with Crippen LogP contribution in [0.2, 0.25) is 0 Å². The Morgan fingerprint density at radius 2 is 1.74 bits per heavy atom. The summed E-state index contributed by atoms with van der Waals surface area (Å²) in [5.74, 6) is -2.49. The number of phenols is 3. The zero-order valence-electron chi connectivity index (χ0n) is 19.7. The predicted molar refractivity (Wildman–Crippen MR) is 134 cm³/mol. The van der Waals surface area contributed by atoms with E-state index in [4.69, 9.17) is 18.3 Å². The lowest BCUT2D eigenvalue weighted by Gasteiger charge is -2.25. The first-order valence-electron chi connectivity index (χ1n) is 11.4. The molecule has 3 aromatic carbocycles. The number of hydrogen-bond acceptors (Lipinski definition) is 10. The molecule has 0 saturated carbocycles. The molecule has 0 radical (unpaired) electrons. The second-order valence-corrected chi connectivity index (χ2v) is 8.80. The number of fused-ring (bicyclic) bond motifs is 4. The zero-order chi connectivity index (χ0) is 26.7. The summed E-state index contributed by atoms with van der Waals surface area (Å²) in [6.45, 7) is 0. The lowest BCUT2D eigenvalue weighted by Crippen LogP contribution is -2.25. The Hall–Kier alpha value is -5.25. The van der Waals surface area contributed by atoms with E-state index in [2.05, 4.69) is 0 Å². The van der Waals surface area contributed by atoms with Crippen LogP contribution in [-0.4, -0.2) is 28.4 Å². The third-order valence-electron chi connectivity index (χ3n) is 6.57. The Balaban J connectivity index is 1.65. The van der Waals surface area contributed by atoms with Crippen LogP contribution < -0.4 is 20.3 Å². The van der Waals surface area contributed by atoms with Crippen LogP contribution in [0.15, 0.2) is 73.2 Å². The molecule has 38 heavy (non-hydrogen) atoms. The summed E-state index contributed by atoms with van der Waals surface area (Å²) in [5, 5.41) is 30.3. The van der Waals surface area contributed by atoms with Crippen molar-refractivity contribution in [3.63, 3.8) is 0 Å². The molecule has 0 aliphatic carbocycles. The van der Waals surface area contributed by atoms with E-state index in [0.717, 1.165) is 12.1 Å². The van der Waals surface area contributed by atoms with Gasteiger partial charge in [-0.25, -0.2) is 0 Å². The van der Waals surface area contributed by atoms with Gasteiger partial charge in [-0.1, -0.05) is 0 Å². The van der Waals surface area contributed by atoms with Crippen molar-refractivity contribution in [3.05, 3.63) is 86.4 Å². The molecule has 0 fully saturated rings. The molecule has 6 rings (SSSR count). The summed E-state index contributed by atoms with van der Waals surface area (Å²) in [5.41, 5.74) is -0.232. The van der Waals surface area contributed by atoms with E-state index in [1.54, 1.807) is 12.1 Å². The van der Waals surface area contributed by atoms with E-state index < -0.39 is 34.2 Å². The third kappa shape index (κ3) is 3.53. The molecule has 190 valence electrons. The van der Waals surface area contributed by atoms with Crippen LogP contribution >= 0.6 is 0 Å². The predicted octanol–water partition coefficient (Wildman–Crippen LogP) is 4.13. The molecule has 3 N–H and O–H groups in total. The minimum Gasteiger partial charge on any atom is -0.507 e. The highest BCUT2D eigenvalue weighted by molar-refractivity contribution is 5.93. The number of ether oxygens (including phenoxy) is 2. The molecular formula is C28H18O10. The van der Waals surface area contributed by atoms with Crippen molar-refractivity contribution >= 4 is 27.9 Å². The summed E-state index contributed by atoms with van der Waals surface area (Å²) >= 11 is 0. The van der Waals surface area contributed by atoms with Crippen LogP contribution in [-0.2, 0) is 4.79 Å². The van der Waals surface area contributed by atoms with Crippen LogP contribution in [0.3, 0.4) is 0 Å². The molecule has 1 atom stereocenters. The van der Waals surface area contributed by atoms with Crippen LogP contribution in [0, 0.1) is 0 Å². The Morgan fingerprint density at radius 3 is 2.50 bits per heavy atom. The molecule has 10 nitrogen and oxygen atoms in total. The Kier molecular flexibility index (Phi) is 5.13. The molecule has 0 saturated heterocycles. The molecule has 2 aromatic heterocycles. The van der Waals surface area contributed by atoms with Gasteiger partial charge in [0.15, 0.2) is 22.4 Å². The van der Waals surface area contributed by atoms with Crippen LogP contribution in [0.4, 0.5) is 0 Å². The highest BCUT2D eigenvalue weighted by Gasteiger charge is 2.35. The summed E-state index contributed by atoms with van der Waals surface area (Å²) in [6, 6.07) is 10.9. The fourth-order valence-corrected chi connectivity index (χ4v) is 4.74. The van der Waals surface area contributed by atoms with Crippen molar-refractivity contribution in [1.82, 2.24) is 0 Å². The highest BCUT2D eigenvalue weighted by Crippen LogP contribution is 2.46. The van der Waals surface area contributed by atoms with Crippen molar-refractivity contribution in [1.29, 1.82) is 0 Å². The molecule has 1 aliphatic heterocycles. The number of rotatable bonds is 3. The quantitative estimate of drug-likeness (QED) is 0.182. The van der Waals surface area contributed by atoms with E-state index in [0.29, 0.717) is 11.3 Å². The van der Waals surface area contributed by atoms with Crippen molar-refractivity contribution < 1.29 is 38.4 Å². The first-order valence-corrected chi connectivity index (χ1v) is 11.4. The molecular weight excluding hydrogens is 496 g/mol. The van der Waals surface area contributed by atoms with Gasteiger partial charge in [0.2, 0.25) is 0 Å². The number of methoxy groups -OCH3 is 1. The Morgan fingerprint density at radius 1 is 0.921 bits per heavy atom. The molecule has 1 unspecified atom stereocenters. The lowest BCUT2D eigenvalue weighted by molar-refractivity contribution is -0.135. The first kappa shape index (κ1) is 23.2. The second kappa shape index (κ2) is 8.41. The molecule has 5 aromatic rings. The molecule has 0 bridgehead atoms. The Labute approximate surface area is 212 Å². The van der Waals surface area contributed by atoms with Gasteiger partial charge in [0.05, 0.1) is 25.2 Å². The van der Waals surface area contributed by atoms with Gasteiger partial charge in [0, 0.05) is 34.7 Å². The van der Waals surface area contributed by atoms with E-state index in [1.807, 2.05) is 0 Å². The summed E-state index contributed by atoms with van der Waals surface area (Å²) in [4.78, 5) is 39.3. The molecule has 3 heterocycles. The number of carbonyl (C=O) groups is 1. The van der Waals surface area contributed by atoms with Gasteiger partial charge < -0.3 is 33.6 Å². The maximum Gasteiger partial charge on any atom is 0.312 e. The number of hydrogen-bond donors (Lipinski definition) is 3. The molecule has 0 spiro atoms. The standard InChI is InChI=1S/C28H18O10/c1-35-13-3-5-21-15(7-13)27(34)16(11-36-21)14-8-24(33)37-23-10-20(32)26-19(31)9-22(38-28(26)25(14)23)12-2-4-17(29)18(30)6-12/h2-7,9-11,14,29-30,32H,8H2,1H3. The average molecular weight is 514 g/mol. The van der Waals surface area contributed by atoms with Crippen molar-refractivity contribution in [2.75, 3.05) is 7.11 Å². The largest absolute Gasteiger partial charge is 0.507 e. The van der Waals surface area contributed by atoms with E-state index in [9.17, 15) is 29.7 Å². The van der Waals surface area contributed by atoms with Crippen LogP contribution in [0.1, 0.15) is 23.5 Å². The van der Waals surface area contributed by atoms with Crippen molar-refractivity contribution in [2.45, 2.75) is 12.3 Å². The minimum absolute atomic E-state index is 0.0107. The first-order chi connectivity index (χ1) is 18.2. The van der Waals surface area contributed by atoms with Gasteiger partial charge in [0.1, 0.15) is 39.6 Å². The number of carbonyl (C=O) groups excluding carboxylic acids is 1. The van der Waals surface area contributed by atoms with Crippen molar-refractivity contribution in [3.8, 4) is 40.1 Å². The third-order valence-corrected chi connectivity index (χ3v) is 6.57.